The molecular formula is C12H9N5S. The third kappa shape index (κ3) is 2.33. The Labute approximate surface area is 108 Å². The summed E-state index contributed by atoms with van der Waals surface area (Å²) < 4.78 is 0. The molecule has 3 rings (SSSR count). The van der Waals surface area contributed by atoms with Crippen LogP contribution < -0.4 is 5.32 Å². The van der Waals surface area contributed by atoms with Crippen molar-refractivity contribution in [2.45, 2.75) is 0 Å². The van der Waals surface area contributed by atoms with E-state index in [4.69, 9.17) is 0 Å². The van der Waals surface area contributed by atoms with Gasteiger partial charge in [0.1, 0.15) is 0 Å². The van der Waals surface area contributed by atoms with E-state index in [0.717, 1.165) is 16.4 Å². The van der Waals surface area contributed by atoms with Crippen LogP contribution in [0, 0.1) is 0 Å². The van der Waals surface area contributed by atoms with Crippen molar-refractivity contribution in [1.29, 1.82) is 0 Å². The lowest BCUT2D eigenvalue weighted by Gasteiger charge is -1.98. The fourth-order valence-corrected chi connectivity index (χ4v) is 2.16. The minimum atomic E-state index is 0.549. The second kappa shape index (κ2) is 4.89. The van der Waals surface area contributed by atoms with Crippen LogP contribution in [0.2, 0.25) is 0 Å². The van der Waals surface area contributed by atoms with Crippen molar-refractivity contribution >= 4 is 22.4 Å². The molecule has 0 bridgehead atoms. The Morgan fingerprint density at radius 1 is 1.00 bits per heavy atom. The van der Waals surface area contributed by atoms with Crippen molar-refractivity contribution in [3.8, 4) is 11.3 Å². The average molecular weight is 255 g/mol. The number of pyridine rings is 1. The summed E-state index contributed by atoms with van der Waals surface area (Å²) in [6.07, 6.45) is 6.88. The van der Waals surface area contributed by atoms with E-state index in [-0.39, 0.29) is 0 Å². The van der Waals surface area contributed by atoms with Crippen molar-refractivity contribution in [3.63, 3.8) is 0 Å². The van der Waals surface area contributed by atoms with Crippen molar-refractivity contribution < 1.29 is 0 Å². The van der Waals surface area contributed by atoms with E-state index in [9.17, 15) is 0 Å². The maximum Gasteiger partial charge on any atom is 0.228 e. The summed E-state index contributed by atoms with van der Waals surface area (Å²) in [5.41, 5.74) is 1.96. The molecule has 6 heteroatoms. The van der Waals surface area contributed by atoms with Crippen LogP contribution in [-0.2, 0) is 0 Å². The molecule has 0 aliphatic heterocycles. The van der Waals surface area contributed by atoms with Gasteiger partial charge in [-0.2, -0.15) is 0 Å². The number of nitrogens with one attached hydrogen (secondary N) is 1. The number of aromatic nitrogens is 4. The van der Waals surface area contributed by atoms with E-state index in [1.165, 1.54) is 11.3 Å². The number of nitrogens with zero attached hydrogens (tertiary/aromatic N) is 4. The van der Waals surface area contributed by atoms with Gasteiger partial charge in [0.05, 0.1) is 5.69 Å². The van der Waals surface area contributed by atoms with Gasteiger partial charge in [0.15, 0.2) is 5.13 Å². The molecule has 18 heavy (non-hydrogen) atoms. The van der Waals surface area contributed by atoms with Gasteiger partial charge in [0, 0.05) is 35.7 Å². The Balaban J connectivity index is 1.82. The van der Waals surface area contributed by atoms with Gasteiger partial charge in [0.25, 0.3) is 0 Å². The van der Waals surface area contributed by atoms with Crippen molar-refractivity contribution in [3.05, 3.63) is 48.4 Å². The maximum absolute atomic E-state index is 4.48. The molecule has 0 amide bonds. The van der Waals surface area contributed by atoms with E-state index >= 15 is 0 Å². The van der Waals surface area contributed by atoms with E-state index in [0.29, 0.717) is 5.95 Å². The highest BCUT2D eigenvalue weighted by molar-refractivity contribution is 7.14. The first-order chi connectivity index (χ1) is 8.92. The van der Waals surface area contributed by atoms with Crippen LogP contribution in [0.1, 0.15) is 0 Å². The number of rotatable bonds is 3. The number of anilines is 2. The number of hydrogen-bond donors (Lipinski definition) is 1. The smallest absolute Gasteiger partial charge is 0.228 e. The number of hydrogen-bond acceptors (Lipinski definition) is 6. The third-order valence-corrected chi connectivity index (χ3v) is 3.02. The Morgan fingerprint density at radius 2 is 1.78 bits per heavy atom. The van der Waals surface area contributed by atoms with Gasteiger partial charge >= 0.3 is 0 Å². The van der Waals surface area contributed by atoms with Gasteiger partial charge in [-0.25, -0.2) is 15.0 Å². The van der Waals surface area contributed by atoms with Gasteiger partial charge in [-0.15, -0.1) is 11.3 Å². The van der Waals surface area contributed by atoms with Crippen LogP contribution in [0.5, 0.6) is 0 Å². The van der Waals surface area contributed by atoms with Crippen LogP contribution in [0.15, 0.2) is 48.4 Å². The van der Waals surface area contributed by atoms with Crippen molar-refractivity contribution in [2.75, 3.05) is 5.32 Å². The first kappa shape index (κ1) is 10.8. The monoisotopic (exact) mass is 255 g/mol. The van der Waals surface area contributed by atoms with Crippen LogP contribution in [-0.4, -0.2) is 19.9 Å². The van der Waals surface area contributed by atoms with E-state index in [1.807, 2.05) is 17.5 Å². The molecule has 5 nitrogen and oxygen atoms in total. The van der Waals surface area contributed by atoms with Gasteiger partial charge in [-0.05, 0) is 18.2 Å². The summed E-state index contributed by atoms with van der Waals surface area (Å²) >= 11 is 1.52. The highest BCUT2D eigenvalue weighted by atomic mass is 32.1. The fraction of sp³-hybridized carbons (Fsp3) is 0. The maximum atomic E-state index is 4.48. The van der Waals surface area contributed by atoms with Crippen LogP contribution in [0.3, 0.4) is 0 Å². The summed E-state index contributed by atoms with van der Waals surface area (Å²) in [7, 11) is 0. The lowest BCUT2D eigenvalue weighted by Crippen LogP contribution is -1.94. The molecule has 3 aromatic heterocycles. The normalized spacial score (nSPS) is 10.2. The molecule has 0 saturated carbocycles. The van der Waals surface area contributed by atoms with Crippen molar-refractivity contribution in [2.24, 2.45) is 0 Å². The highest BCUT2D eigenvalue weighted by Gasteiger charge is 2.05. The first-order valence-corrected chi connectivity index (χ1v) is 6.20. The second-order valence-electron chi connectivity index (χ2n) is 3.47. The zero-order valence-electron chi connectivity index (χ0n) is 9.32. The van der Waals surface area contributed by atoms with Crippen molar-refractivity contribution in [1.82, 2.24) is 19.9 Å². The molecule has 0 aromatic carbocycles. The number of thiazole rings is 1. The third-order valence-electron chi connectivity index (χ3n) is 2.26. The summed E-state index contributed by atoms with van der Waals surface area (Å²) in [5, 5.41) is 5.82. The molecule has 3 heterocycles. The molecule has 0 spiro atoms. The van der Waals surface area contributed by atoms with Crippen LogP contribution >= 0.6 is 11.3 Å². The lowest BCUT2D eigenvalue weighted by molar-refractivity contribution is 1.16. The summed E-state index contributed by atoms with van der Waals surface area (Å²) in [6.45, 7) is 0. The van der Waals surface area contributed by atoms with Crippen LogP contribution in [0.4, 0.5) is 11.1 Å². The lowest BCUT2D eigenvalue weighted by atomic mass is 10.2. The summed E-state index contributed by atoms with van der Waals surface area (Å²) in [6, 6.07) is 5.63. The quantitative estimate of drug-likeness (QED) is 0.779. The summed E-state index contributed by atoms with van der Waals surface area (Å²) in [5.74, 6) is 0.549. The predicted molar refractivity (Wildman–Crippen MR) is 70.7 cm³/mol. The van der Waals surface area contributed by atoms with E-state index < -0.39 is 0 Å². The molecule has 0 unspecified atom stereocenters. The molecule has 88 valence electrons. The molecule has 0 aliphatic carbocycles. The second-order valence-corrected chi connectivity index (χ2v) is 4.33. The van der Waals surface area contributed by atoms with Gasteiger partial charge < -0.3 is 5.32 Å². The highest BCUT2D eigenvalue weighted by Crippen LogP contribution is 2.25. The largest absolute Gasteiger partial charge is 0.300 e. The first-order valence-electron chi connectivity index (χ1n) is 5.32. The molecule has 0 atom stereocenters. The Kier molecular flexibility index (Phi) is 2.93. The van der Waals surface area contributed by atoms with E-state index in [1.54, 1.807) is 30.9 Å². The molecular weight excluding hydrogens is 246 g/mol. The minimum absolute atomic E-state index is 0.549. The zero-order valence-corrected chi connectivity index (χ0v) is 10.1. The van der Waals surface area contributed by atoms with Gasteiger partial charge in [0.2, 0.25) is 5.95 Å². The minimum Gasteiger partial charge on any atom is -0.300 e. The fourth-order valence-electron chi connectivity index (χ4n) is 1.45. The van der Waals surface area contributed by atoms with Crippen LogP contribution in [0.25, 0.3) is 11.3 Å². The molecule has 3 aromatic rings. The topological polar surface area (TPSA) is 63.6 Å². The Hall–Kier alpha value is -2.34. The summed E-state index contributed by atoms with van der Waals surface area (Å²) in [4.78, 5) is 16.6. The standard InChI is InChI=1S/C12H9N5S/c1-4-14-11(15-5-1)17-12-16-10(8-18-12)9-2-6-13-7-3-9/h1-8H,(H,14,15,16,17). The SMILES string of the molecule is c1cnc(Nc2nc(-c3ccncc3)cs2)nc1. The zero-order chi connectivity index (χ0) is 12.2. The van der Waals surface area contributed by atoms with Gasteiger partial charge in [-0.3, -0.25) is 4.98 Å². The molecule has 0 saturated heterocycles. The van der Waals surface area contributed by atoms with E-state index in [2.05, 4.69) is 25.3 Å². The Morgan fingerprint density at radius 3 is 2.56 bits per heavy atom. The predicted octanol–water partition coefficient (Wildman–Crippen LogP) is 2.74. The molecule has 0 fully saturated rings. The van der Waals surface area contributed by atoms with Gasteiger partial charge in [-0.1, -0.05) is 0 Å². The average Bonchev–Trinajstić information content (AvgIpc) is 2.89. The molecule has 1 N–H and O–H groups in total. The molecule has 0 aliphatic rings. The molecule has 0 radical (unpaired) electrons. The Bertz CT molecular complexity index is 623.